The van der Waals surface area contributed by atoms with Gasteiger partial charge in [-0.25, -0.2) is 0 Å². The lowest BCUT2D eigenvalue weighted by atomic mass is 10.0. The molecule has 6 heteroatoms. The summed E-state index contributed by atoms with van der Waals surface area (Å²) in [5.41, 5.74) is 3.07. The molecule has 152 valence electrons. The number of carbonyl (C=O) groups excluding carboxylic acids is 2. The fraction of sp³-hybridized carbons (Fsp3) is 0.167. The molecule has 1 N–H and O–H groups in total. The molecule has 30 heavy (non-hydrogen) atoms. The van der Waals surface area contributed by atoms with Crippen molar-refractivity contribution >= 4 is 23.1 Å². The van der Waals surface area contributed by atoms with Crippen LogP contribution in [0.25, 0.3) is 5.57 Å². The van der Waals surface area contributed by atoms with Crippen LogP contribution in [-0.4, -0.2) is 23.3 Å². The van der Waals surface area contributed by atoms with Crippen LogP contribution in [-0.2, 0) is 16.1 Å². The second-order valence-electron chi connectivity index (χ2n) is 6.97. The van der Waals surface area contributed by atoms with Crippen LogP contribution in [0.2, 0.25) is 0 Å². The fourth-order valence-electron chi connectivity index (χ4n) is 3.33. The van der Waals surface area contributed by atoms with Crippen LogP contribution in [0.15, 0.2) is 77.0 Å². The monoisotopic (exact) mass is 402 g/mol. The maximum atomic E-state index is 13.2. The van der Waals surface area contributed by atoms with E-state index in [2.05, 4.69) is 5.32 Å². The Kier molecular flexibility index (Phi) is 5.39. The highest BCUT2D eigenvalue weighted by Crippen LogP contribution is 2.32. The van der Waals surface area contributed by atoms with Crippen molar-refractivity contribution in [1.29, 1.82) is 0 Å². The van der Waals surface area contributed by atoms with Gasteiger partial charge in [0.05, 0.1) is 25.0 Å². The summed E-state index contributed by atoms with van der Waals surface area (Å²) in [6, 6.07) is 18.3. The van der Waals surface area contributed by atoms with Gasteiger partial charge >= 0.3 is 0 Å². The molecule has 2 heterocycles. The van der Waals surface area contributed by atoms with Crippen molar-refractivity contribution in [3.8, 4) is 5.75 Å². The van der Waals surface area contributed by atoms with Crippen molar-refractivity contribution in [2.45, 2.75) is 20.4 Å². The van der Waals surface area contributed by atoms with E-state index in [1.807, 2.05) is 38.1 Å². The Bertz CT molecular complexity index is 1080. The van der Waals surface area contributed by atoms with Gasteiger partial charge in [0.25, 0.3) is 11.8 Å². The number of aryl methyl sites for hydroxylation is 1. The zero-order valence-electron chi connectivity index (χ0n) is 16.8. The Morgan fingerprint density at radius 2 is 1.70 bits per heavy atom. The Balaban J connectivity index is 1.72. The average Bonchev–Trinajstić information content (AvgIpc) is 3.34. The quantitative estimate of drug-likeness (QED) is 0.594. The summed E-state index contributed by atoms with van der Waals surface area (Å²) in [5, 5.41) is 3.15. The molecule has 0 atom stereocenters. The number of carbonyl (C=O) groups is 2. The van der Waals surface area contributed by atoms with E-state index in [-0.39, 0.29) is 24.1 Å². The van der Waals surface area contributed by atoms with Gasteiger partial charge in [0.1, 0.15) is 17.2 Å². The van der Waals surface area contributed by atoms with Crippen LogP contribution in [0.4, 0.5) is 5.69 Å². The molecule has 1 aliphatic heterocycles. The number of ether oxygens (including phenoxy) is 1. The Morgan fingerprint density at radius 1 is 0.967 bits per heavy atom. The first kappa shape index (κ1) is 19.5. The number of furan rings is 1. The zero-order valence-corrected chi connectivity index (χ0v) is 16.8. The molecule has 0 saturated carbocycles. The minimum Gasteiger partial charge on any atom is -0.494 e. The number of amides is 2. The molecule has 2 amide bonds. The third-order valence-corrected chi connectivity index (χ3v) is 4.84. The smallest absolute Gasteiger partial charge is 0.278 e. The topological polar surface area (TPSA) is 71.8 Å². The number of nitrogens with zero attached hydrogens (tertiary/aromatic N) is 1. The molecule has 0 aliphatic carbocycles. The SMILES string of the molecule is CCOc1ccc(C2=C(Nc3ccc(C)cc3)C(=O)N(Cc3ccco3)C2=O)cc1. The predicted molar refractivity (Wildman–Crippen MR) is 114 cm³/mol. The first-order valence-electron chi connectivity index (χ1n) is 9.76. The summed E-state index contributed by atoms with van der Waals surface area (Å²) < 4.78 is 10.8. The van der Waals surface area contributed by atoms with Gasteiger partial charge in [0.2, 0.25) is 0 Å². The van der Waals surface area contributed by atoms with Crippen molar-refractivity contribution in [1.82, 2.24) is 4.90 Å². The van der Waals surface area contributed by atoms with E-state index in [9.17, 15) is 9.59 Å². The lowest BCUT2D eigenvalue weighted by Gasteiger charge is -2.13. The maximum Gasteiger partial charge on any atom is 0.278 e. The van der Waals surface area contributed by atoms with Gasteiger partial charge in [-0.05, 0) is 55.8 Å². The zero-order chi connectivity index (χ0) is 21.1. The molecule has 0 radical (unpaired) electrons. The van der Waals surface area contributed by atoms with Crippen LogP contribution >= 0.6 is 0 Å². The Hall–Kier alpha value is -3.80. The van der Waals surface area contributed by atoms with Crippen molar-refractivity contribution in [2.75, 3.05) is 11.9 Å². The van der Waals surface area contributed by atoms with Gasteiger partial charge < -0.3 is 14.5 Å². The number of imide groups is 1. The Labute approximate surface area is 174 Å². The summed E-state index contributed by atoms with van der Waals surface area (Å²) in [6.45, 7) is 4.52. The number of rotatable bonds is 7. The summed E-state index contributed by atoms with van der Waals surface area (Å²) in [4.78, 5) is 27.6. The minimum absolute atomic E-state index is 0.0737. The van der Waals surface area contributed by atoms with Gasteiger partial charge in [-0.15, -0.1) is 0 Å². The second-order valence-corrected chi connectivity index (χ2v) is 6.97. The van der Waals surface area contributed by atoms with Gasteiger partial charge in [-0.3, -0.25) is 14.5 Å². The molecule has 3 aromatic rings. The third-order valence-electron chi connectivity index (χ3n) is 4.84. The van der Waals surface area contributed by atoms with Crippen molar-refractivity contribution in [3.05, 3.63) is 89.5 Å². The van der Waals surface area contributed by atoms with Gasteiger partial charge in [-0.2, -0.15) is 0 Å². The normalized spacial score (nSPS) is 13.9. The summed E-state index contributed by atoms with van der Waals surface area (Å²) in [7, 11) is 0. The maximum absolute atomic E-state index is 13.2. The van der Waals surface area contributed by atoms with Crippen molar-refractivity contribution in [3.63, 3.8) is 0 Å². The second kappa shape index (κ2) is 8.29. The Morgan fingerprint density at radius 3 is 2.33 bits per heavy atom. The first-order valence-corrected chi connectivity index (χ1v) is 9.76. The fourth-order valence-corrected chi connectivity index (χ4v) is 3.33. The largest absolute Gasteiger partial charge is 0.494 e. The van der Waals surface area contributed by atoms with Gasteiger partial charge in [0, 0.05) is 5.69 Å². The van der Waals surface area contributed by atoms with Crippen LogP contribution in [0.1, 0.15) is 23.8 Å². The molecule has 0 bridgehead atoms. The van der Waals surface area contributed by atoms with E-state index in [4.69, 9.17) is 9.15 Å². The van der Waals surface area contributed by atoms with Crippen LogP contribution in [0.3, 0.4) is 0 Å². The lowest BCUT2D eigenvalue weighted by molar-refractivity contribution is -0.137. The summed E-state index contributed by atoms with van der Waals surface area (Å²) in [6.07, 6.45) is 1.52. The van der Waals surface area contributed by atoms with E-state index in [0.29, 0.717) is 29.3 Å². The molecule has 0 unspecified atom stereocenters. The van der Waals surface area contributed by atoms with E-state index >= 15 is 0 Å². The summed E-state index contributed by atoms with van der Waals surface area (Å²) >= 11 is 0. The average molecular weight is 402 g/mol. The number of benzene rings is 2. The molecule has 6 nitrogen and oxygen atoms in total. The highest BCUT2D eigenvalue weighted by atomic mass is 16.5. The molecule has 1 aromatic heterocycles. The number of hydrogen-bond donors (Lipinski definition) is 1. The van der Waals surface area contributed by atoms with Gasteiger partial charge in [0.15, 0.2) is 0 Å². The molecule has 0 saturated heterocycles. The molecule has 2 aromatic carbocycles. The predicted octanol–water partition coefficient (Wildman–Crippen LogP) is 4.38. The van der Waals surface area contributed by atoms with Crippen LogP contribution in [0.5, 0.6) is 5.75 Å². The number of hydrogen-bond acceptors (Lipinski definition) is 5. The minimum atomic E-state index is -0.388. The molecular weight excluding hydrogens is 380 g/mol. The van der Waals surface area contributed by atoms with Crippen molar-refractivity contribution in [2.24, 2.45) is 0 Å². The standard InChI is InChI=1S/C24H22N2O4/c1-3-29-19-12-8-17(9-13-19)21-22(25-18-10-6-16(2)7-11-18)24(28)26(23(21)27)15-20-5-4-14-30-20/h4-14,25H,3,15H2,1-2H3. The highest BCUT2D eigenvalue weighted by molar-refractivity contribution is 6.36. The summed E-state index contributed by atoms with van der Waals surface area (Å²) in [5.74, 6) is 0.495. The first-order chi connectivity index (χ1) is 14.6. The van der Waals surface area contributed by atoms with Crippen LogP contribution in [0, 0.1) is 6.92 Å². The molecule has 4 rings (SSSR count). The molecule has 1 aliphatic rings. The number of nitrogens with one attached hydrogen (secondary N) is 1. The van der Waals surface area contributed by atoms with E-state index < -0.39 is 0 Å². The van der Waals surface area contributed by atoms with Crippen LogP contribution < -0.4 is 10.1 Å². The molecular formula is C24H22N2O4. The van der Waals surface area contributed by atoms with E-state index in [1.165, 1.54) is 11.2 Å². The highest BCUT2D eigenvalue weighted by Gasteiger charge is 2.39. The third kappa shape index (κ3) is 3.85. The number of anilines is 1. The molecule has 0 fully saturated rings. The van der Waals surface area contributed by atoms with E-state index in [0.717, 1.165) is 11.3 Å². The van der Waals surface area contributed by atoms with E-state index in [1.54, 1.807) is 36.4 Å². The lowest BCUT2D eigenvalue weighted by Crippen LogP contribution is -2.31. The van der Waals surface area contributed by atoms with Gasteiger partial charge in [-0.1, -0.05) is 29.8 Å². The molecule has 0 spiro atoms. The van der Waals surface area contributed by atoms with Crippen molar-refractivity contribution < 1.29 is 18.7 Å².